The topological polar surface area (TPSA) is 75.4 Å². The van der Waals surface area contributed by atoms with E-state index in [1.54, 1.807) is 4.31 Å². The van der Waals surface area contributed by atoms with Gasteiger partial charge in [0.05, 0.1) is 0 Å². The molecule has 0 bridgehead atoms. The first-order chi connectivity index (χ1) is 8.52. The Morgan fingerprint density at radius 1 is 1.22 bits per heavy atom. The molecule has 18 heavy (non-hydrogen) atoms. The summed E-state index contributed by atoms with van der Waals surface area (Å²) in [6.45, 7) is 2.95. The first kappa shape index (κ1) is 15.9. The maximum absolute atomic E-state index is 12.2. The van der Waals surface area contributed by atoms with Crippen LogP contribution >= 0.6 is 0 Å². The predicted molar refractivity (Wildman–Crippen MR) is 74.5 cm³/mol. The predicted octanol–water partition coefficient (Wildman–Crippen LogP) is 1.21. The summed E-state index contributed by atoms with van der Waals surface area (Å²) in [6, 6.07) is 0. The van der Waals surface area contributed by atoms with Crippen LogP contribution in [0, 0.1) is 0 Å². The average molecular weight is 277 g/mol. The molecule has 3 N–H and O–H groups in total. The van der Waals surface area contributed by atoms with Crippen LogP contribution in [0.1, 0.15) is 51.9 Å². The number of nitrogens with zero attached hydrogens (tertiary/aromatic N) is 1. The third-order valence-corrected chi connectivity index (χ3v) is 5.58. The summed E-state index contributed by atoms with van der Waals surface area (Å²) < 4.78 is 28.5. The molecule has 1 rings (SSSR count). The van der Waals surface area contributed by atoms with E-state index in [-0.39, 0.29) is 5.54 Å². The molecule has 1 saturated carbocycles. The summed E-state index contributed by atoms with van der Waals surface area (Å²) in [7, 11) is -1.93. The number of nitrogens with two attached hydrogens (primary N) is 1. The van der Waals surface area contributed by atoms with Gasteiger partial charge in [-0.1, -0.05) is 32.6 Å². The molecule has 1 aliphatic rings. The van der Waals surface area contributed by atoms with Gasteiger partial charge >= 0.3 is 0 Å². The molecule has 1 aliphatic carbocycles. The molecule has 0 aromatic carbocycles. The molecule has 1 fully saturated rings. The minimum atomic E-state index is -3.41. The molecule has 0 spiro atoms. The van der Waals surface area contributed by atoms with Gasteiger partial charge in [-0.25, -0.2) is 4.72 Å². The van der Waals surface area contributed by atoms with E-state index in [2.05, 4.69) is 4.72 Å². The lowest BCUT2D eigenvalue weighted by atomic mass is 9.90. The quantitative estimate of drug-likeness (QED) is 0.717. The zero-order chi connectivity index (χ0) is 13.6. The zero-order valence-electron chi connectivity index (χ0n) is 11.6. The molecule has 0 radical (unpaired) electrons. The Labute approximate surface area is 111 Å². The lowest BCUT2D eigenvalue weighted by Crippen LogP contribution is -2.58. The second-order valence-electron chi connectivity index (χ2n) is 5.12. The van der Waals surface area contributed by atoms with Crippen molar-refractivity contribution in [3.63, 3.8) is 0 Å². The third-order valence-electron chi connectivity index (χ3n) is 3.92. The fraction of sp³-hybridized carbons (Fsp3) is 1.00. The van der Waals surface area contributed by atoms with Crippen molar-refractivity contribution < 1.29 is 8.42 Å². The summed E-state index contributed by atoms with van der Waals surface area (Å²) in [5.41, 5.74) is 5.58. The van der Waals surface area contributed by atoms with Gasteiger partial charge in [-0.05, 0) is 19.3 Å². The van der Waals surface area contributed by atoms with Gasteiger partial charge < -0.3 is 5.73 Å². The second-order valence-corrected chi connectivity index (χ2v) is 6.92. The molecular weight excluding hydrogens is 250 g/mol. The lowest BCUT2D eigenvalue weighted by molar-refractivity contribution is 0.166. The highest BCUT2D eigenvalue weighted by atomic mass is 32.2. The van der Waals surface area contributed by atoms with Gasteiger partial charge in [-0.15, -0.1) is 0 Å². The number of hydrogen-bond donors (Lipinski definition) is 2. The molecule has 6 heteroatoms. The molecule has 0 amide bonds. The van der Waals surface area contributed by atoms with Crippen LogP contribution in [0.5, 0.6) is 0 Å². The van der Waals surface area contributed by atoms with Gasteiger partial charge in [-0.3, -0.25) is 0 Å². The SMILES string of the molecule is CCCN(C1(CN)CCCCCC1)S(=O)(=O)NC. The highest BCUT2D eigenvalue weighted by molar-refractivity contribution is 7.87. The molecule has 0 aromatic rings. The summed E-state index contributed by atoms with van der Waals surface area (Å²) in [5, 5.41) is 0. The first-order valence-electron chi connectivity index (χ1n) is 6.94. The highest BCUT2D eigenvalue weighted by Crippen LogP contribution is 2.33. The van der Waals surface area contributed by atoms with E-state index in [0.29, 0.717) is 13.1 Å². The Kier molecular flexibility index (Phi) is 6.04. The van der Waals surface area contributed by atoms with Gasteiger partial charge in [0.15, 0.2) is 0 Å². The molecule has 0 saturated heterocycles. The second kappa shape index (κ2) is 6.84. The zero-order valence-corrected chi connectivity index (χ0v) is 12.4. The first-order valence-corrected chi connectivity index (χ1v) is 8.38. The summed E-state index contributed by atoms with van der Waals surface area (Å²) in [5.74, 6) is 0. The van der Waals surface area contributed by atoms with E-state index in [4.69, 9.17) is 5.73 Å². The molecule has 108 valence electrons. The maximum atomic E-state index is 12.2. The van der Waals surface area contributed by atoms with Crippen molar-refractivity contribution in [2.45, 2.75) is 57.4 Å². The van der Waals surface area contributed by atoms with E-state index >= 15 is 0 Å². The standard InChI is InChI=1S/C12H27N3O2S/c1-3-10-15(18(16,17)14-2)12(11-13)8-6-4-5-7-9-12/h14H,3-11,13H2,1-2H3. The molecular formula is C12H27N3O2S. The molecule has 0 unspecified atom stereocenters. The van der Waals surface area contributed by atoms with Crippen LogP contribution in [0.2, 0.25) is 0 Å². The fourth-order valence-corrected chi connectivity index (χ4v) is 4.28. The number of nitrogens with one attached hydrogen (secondary N) is 1. The Bertz CT molecular complexity index is 335. The normalized spacial score (nSPS) is 20.9. The number of rotatable bonds is 6. The highest BCUT2D eigenvalue weighted by Gasteiger charge is 2.41. The molecule has 0 aliphatic heterocycles. The monoisotopic (exact) mass is 277 g/mol. The van der Waals surface area contributed by atoms with Gasteiger partial charge in [0.25, 0.3) is 10.2 Å². The van der Waals surface area contributed by atoms with E-state index in [1.165, 1.54) is 19.9 Å². The van der Waals surface area contributed by atoms with Crippen molar-refractivity contribution in [2.75, 3.05) is 20.1 Å². The molecule has 0 heterocycles. The molecule has 0 aromatic heterocycles. The van der Waals surface area contributed by atoms with Crippen LogP contribution in [-0.4, -0.2) is 38.4 Å². The third kappa shape index (κ3) is 3.44. The smallest absolute Gasteiger partial charge is 0.279 e. The van der Waals surface area contributed by atoms with Gasteiger partial charge in [0, 0.05) is 25.7 Å². The van der Waals surface area contributed by atoms with Crippen molar-refractivity contribution >= 4 is 10.2 Å². The average Bonchev–Trinajstić information content (AvgIpc) is 2.62. The lowest BCUT2D eigenvalue weighted by Gasteiger charge is -2.41. The maximum Gasteiger partial charge on any atom is 0.279 e. The van der Waals surface area contributed by atoms with Crippen LogP contribution in [0.3, 0.4) is 0 Å². The minimum absolute atomic E-state index is 0.381. The Morgan fingerprint density at radius 3 is 2.17 bits per heavy atom. The van der Waals surface area contributed by atoms with Crippen molar-refractivity contribution in [1.29, 1.82) is 0 Å². The Morgan fingerprint density at radius 2 is 1.78 bits per heavy atom. The molecule has 5 nitrogen and oxygen atoms in total. The van der Waals surface area contributed by atoms with E-state index in [0.717, 1.165) is 32.1 Å². The van der Waals surface area contributed by atoms with Gasteiger partial charge in [-0.2, -0.15) is 12.7 Å². The van der Waals surface area contributed by atoms with E-state index < -0.39 is 10.2 Å². The van der Waals surface area contributed by atoms with Crippen LogP contribution in [0.4, 0.5) is 0 Å². The molecule has 0 atom stereocenters. The number of hydrogen-bond acceptors (Lipinski definition) is 3. The van der Waals surface area contributed by atoms with Crippen LogP contribution in [0.25, 0.3) is 0 Å². The Hall–Kier alpha value is -0.170. The van der Waals surface area contributed by atoms with Crippen LogP contribution < -0.4 is 10.5 Å². The fourth-order valence-electron chi connectivity index (χ4n) is 2.87. The van der Waals surface area contributed by atoms with Crippen LogP contribution in [-0.2, 0) is 10.2 Å². The van der Waals surface area contributed by atoms with Crippen molar-refractivity contribution in [2.24, 2.45) is 5.73 Å². The van der Waals surface area contributed by atoms with Crippen molar-refractivity contribution in [1.82, 2.24) is 9.03 Å². The van der Waals surface area contributed by atoms with Gasteiger partial charge in [0.1, 0.15) is 0 Å². The Balaban J connectivity index is 3.05. The van der Waals surface area contributed by atoms with Crippen molar-refractivity contribution in [3.8, 4) is 0 Å². The van der Waals surface area contributed by atoms with E-state index in [1.807, 2.05) is 6.92 Å². The largest absolute Gasteiger partial charge is 0.329 e. The summed E-state index contributed by atoms with van der Waals surface area (Å²) in [6.07, 6.45) is 7.06. The summed E-state index contributed by atoms with van der Waals surface area (Å²) >= 11 is 0. The summed E-state index contributed by atoms with van der Waals surface area (Å²) in [4.78, 5) is 0. The van der Waals surface area contributed by atoms with Crippen LogP contribution in [0.15, 0.2) is 0 Å². The van der Waals surface area contributed by atoms with Gasteiger partial charge in [0.2, 0.25) is 0 Å². The van der Waals surface area contributed by atoms with E-state index in [9.17, 15) is 8.42 Å². The minimum Gasteiger partial charge on any atom is -0.329 e. The van der Waals surface area contributed by atoms with Crippen molar-refractivity contribution in [3.05, 3.63) is 0 Å².